The van der Waals surface area contributed by atoms with Gasteiger partial charge in [-0.3, -0.25) is 4.79 Å². The first kappa shape index (κ1) is 17.7. The summed E-state index contributed by atoms with van der Waals surface area (Å²) in [5.74, 6) is 1.11. The zero-order valence-corrected chi connectivity index (χ0v) is 16.1. The normalized spacial score (nSPS) is 16.6. The lowest BCUT2D eigenvalue weighted by Gasteiger charge is -2.28. The van der Waals surface area contributed by atoms with E-state index in [2.05, 4.69) is 16.3 Å². The van der Waals surface area contributed by atoms with Crippen LogP contribution in [-0.2, 0) is 0 Å². The number of benzene rings is 2. The first-order valence-corrected chi connectivity index (χ1v) is 10.1. The van der Waals surface area contributed by atoms with Gasteiger partial charge in [0.25, 0.3) is 5.91 Å². The Labute approximate surface area is 169 Å². The minimum atomic E-state index is -0.00955. The Bertz CT molecular complexity index is 1100. The Hall–Kier alpha value is -3.34. The number of hydrogen-bond donors (Lipinski definition) is 2. The molecule has 1 fully saturated rings. The monoisotopic (exact) mass is 385 g/mol. The molecular formula is C24H23N3O2. The maximum absolute atomic E-state index is 12.8. The maximum Gasteiger partial charge on any atom is 0.252 e. The van der Waals surface area contributed by atoms with Crippen molar-refractivity contribution >= 4 is 28.2 Å². The number of carbonyl (C=O) groups is 1. The van der Waals surface area contributed by atoms with Crippen molar-refractivity contribution in [3.63, 3.8) is 0 Å². The number of amides is 1. The molecule has 2 heterocycles. The quantitative estimate of drug-likeness (QED) is 0.709. The zero-order valence-electron chi connectivity index (χ0n) is 16.1. The van der Waals surface area contributed by atoms with Crippen LogP contribution in [0.3, 0.4) is 0 Å². The van der Waals surface area contributed by atoms with E-state index >= 15 is 0 Å². The number of hydrogen-bond acceptors (Lipinski definition) is 4. The van der Waals surface area contributed by atoms with Crippen LogP contribution in [-0.4, -0.2) is 35.1 Å². The number of nitrogens with one attached hydrogen (secondary N) is 1. The average molecular weight is 385 g/mol. The van der Waals surface area contributed by atoms with Crippen molar-refractivity contribution in [1.29, 1.82) is 0 Å². The Balaban J connectivity index is 1.44. The van der Waals surface area contributed by atoms with Gasteiger partial charge in [-0.1, -0.05) is 36.4 Å². The highest BCUT2D eigenvalue weighted by Gasteiger charge is 2.25. The van der Waals surface area contributed by atoms with E-state index in [1.165, 1.54) is 5.57 Å². The van der Waals surface area contributed by atoms with Gasteiger partial charge in [0.05, 0.1) is 11.1 Å². The fraction of sp³-hybridized carbons (Fsp3) is 0.250. The van der Waals surface area contributed by atoms with Crippen LogP contribution in [0.1, 0.15) is 35.2 Å². The number of para-hydroxylation sites is 1. The molecule has 5 heteroatoms. The molecule has 0 unspecified atom stereocenters. The molecule has 0 bridgehead atoms. The van der Waals surface area contributed by atoms with E-state index < -0.39 is 0 Å². The van der Waals surface area contributed by atoms with Gasteiger partial charge in [0.2, 0.25) is 0 Å². The van der Waals surface area contributed by atoms with Crippen LogP contribution < -0.4 is 10.2 Å². The zero-order chi connectivity index (χ0) is 19.8. The Kier molecular flexibility index (Phi) is 4.43. The van der Waals surface area contributed by atoms with Crippen molar-refractivity contribution in [2.45, 2.75) is 25.3 Å². The number of phenols is 1. The molecule has 0 spiro atoms. The van der Waals surface area contributed by atoms with Gasteiger partial charge < -0.3 is 15.3 Å². The molecule has 1 saturated carbocycles. The SMILES string of the molecule is O=C(NC1CC1)c1cc(N2CC=C(c3ccc(O)cc3)CC2)nc2ccccc12. The fourth-order valence-electron chi connectivity index (χ4n) is 3.82. The van der Waals surface area contributed by atoms with Crippen LogP contribution in [0.15, 0.2) is 60.7 Å². The van der Waals surface area contributed by atoms with Crippen molar-refractivity contribution in [3.05, 3.63) is 71.8 Å². The first-order chi connectivity index (χ1) is 14.2. The van der Waals surface area contributed by atoms with Crippen LogP contribution >= 0.6 is 0 Å². The second kappa shape index (κ2) is 7.24. The molecular weight excluding hydrogens is 362 g/mol. The molecule has 1 aliphatic carbocycles. The Morgan fingerprint density at radius 1 is 1.10 bits per heavy atom. The van der Waals surface area contributed by atoms with E-state index in [0.29, 0.717) is 11.6 Å². The number of carbonyl (C=O) groups excluding carboxylic acids is 1. The predicted octanol–water partition coefficient (Wildman–Crippen LogP) is 4.13. The lowest BCUT2D eigenvalue weighted by Crippen LogP contribution is -2.30. The highest BCUT2D eigenvalue weighted by Crippen LogP contribution is 2.29. The van der Waals surface area contributed by atoms with Gasteiger partial charge in [0.1, 0.15) is 11.6 Å². The summed E-state index contributed by atoms with van der Waals surface area (Å²) in [6.07, 6.45) is 5.23. The van der Waals surface area contributed by atoms with Gasteiger partial charge in [-0.15, -0.1) is 0 Å². The topological polar surface area (TPSA) is 65.5 Å². The highest BCUT2D eigenvalue weighted by molar-refractivity contribution is 6.07. The van der Waals surface area contributed by atoms with E-state index in [1.807, 2.05) is 42.5 Å². The lowest BCUT2D eigenvalue weighted by atomic mass is 9.99. The molecule has 2 aliphatic rings. The third kappa shape index (κ3) is 3.68. The number of phenolic OH excluding ortho intramolecular Hbond substituents is 1. The minimum absolute atomic E-state index is 0.00955. The molecule has 1 amide bonds. The number of anilines is 1. The number of pyridine rings is 1. The van der Waals surface area contributed by atoms with Crippen molar-refractivity contribution in [2.75, 3.05) is 18.0 Å². The molecule has 3 aromatic rings. The number of nitrogens with zero attached hydrogens (tertiary/aromatic N) is 2. The Morgan fingerprint density at radius 3 is 2.62 bits per heavy atom. The molecule has 0 saturated heterocycles. The first-order valence-electron chi connectivity index (χ1n) is 10.1. The third-order valence-electron chi connectivity index (χ3n) is 5.63. The second-order valence-corrected chi connectivity index (χ2v) is 7.77. The summed E-state index contributed by atoms with van der Waals surface area (Å²) < 4.78 is 0. The van der Waals surface area contributed by atoms with Gasteiger partial charge in [0, 0.05) is 24.5 Å². The molecule has 1 aliphatic heterocycles. The smallest absolute Gasteiger partial charge is 0.252 e. The minimum Gasteiger partial charge on any atom is -0.508 e. The van der Waals surface area contributed by atoms with Crippen molar-refractivity contribution in [1.82, 2.24) is 10.3 Å². The fourth-order valence-corrected chi connectivity index (χ4v) is 3.82. The number of rotatable bonds is 4. The molecule has 2 aromatic carbocycles. The molecule has 1 aromatic heterocycles. The van der Waals surface area contributed by atoms with Gasteiger partial charge in [-0.05, 0) is 54.7 Å². The van der Waals surface area contributed by atoms with Crippen LogP contribution in [0.4, 0.5) is 5.82 Å². The number of aromatic hydroxyl groups is 1. The predicted molar refractivity (Wildman–Crippen MR) is 115 cm³/mol. The van der Waals surface area contributed by atoms with Crippen molar-refractivity contribution < 1.29 is 9.90 Å². The third-order valence-corrected chi connectivity index (χ3v) is 5.63. The summed E-state index contributed by atoms with van der Waals surface area (Å²) in [4.78, 5) is 19.9. The van der Waals surface area contributed by atoms with Crippen LogP contribution in [0.5, 0.6) is 5.75 Å². The summed E-state index contributed by atoms with van der Waals surface area (Å²) in [6.45, 7) is 1.58. The highest BCUT2D eigenvalue weighted by atomic mass is 16.3. The van der Waals surface area contributed by atoms with Gasteiger partial charge in [-0.2, -0.15) is 0 Å². The van der Waals surface area contributed by atoms with E-state index in [0.717, 1.165) is 54.6 Å². The van der Waals surface area contributed by atoms with E-state index in [4.69, 9.17) is 4.98 Å². The van der Waals surface area contributed by atoms with E-state index in [1.54, 1.807) is 12.1 Å². The van der Waals surface area contributed by atoms with Gasteiger partial charge in [0.15, 0.2) is 0 Å². The maximum atomic E-state index is 12.8. The number of aromatic nitrogens is 1. The van der Waals surface area contributed by atoms with Crippen molar-refractivity contribution in [2.24, 2.45) is 0 Å². The molecule has 2 N–H and O–H groups in total. The van der Waals surface area contributed by atoms with Crippen LogP contribution in [0.25, 0.3) is 16.5 Å². The molecule has 146 valence electrons. The summed E-state index contributed by atoms with van der Waals surface area (Å²) in [6, 6.07) is 17.4. The van der Waals surface area contributed by atoms with Crippen LogP contribution in [0, 0.1) is 0 Å². The number of fused-ring (bicyclic) bond motifs is 1. The summed E-state index contributed by atoms with van der Waals surface area (Å²) in [5, 5.41) is 13.5. The Morgan fingerprint density at radius 2 is 1.90 bits per heavy atom. The molecule has 5 nitrogen and oxygen atoms in total. The summed E-state index contributed by atoms with van der Waals surface area (Å²) in [7, 11) is 0. The molecule has 29 heavy (non-hydrogen) atoms. The van der Waals surface area contributed by atoms with E-state index in [-0.39, 0.29) is 11.7 Å². The molecule has 0 radical (unpaired) electrons. The van der Waals surface area contributed by atoms with E-state index in [9.17, 15) is 9.90 Å². The summed E-state index contributed by atoms with van der Waals surface area (Å²) in [5.41, 5.74) is 3.96. The standard InChI is InChI=1S/C24H23N3O2/c28-19-9-5-16(6-10-19)17-11-13-27(14-12-17)23-15-21(24(29)25-18-7-8-18)20-3-1-2-4-22(20)26-23/h1-6,9-11,15,18,28H,7-8,12-14H2,(H,25,29). The average Bonchev–Trinajstić information content (AvgIpc) is 3.57. The molecule has 5 rings (SSSR count). The second-order valence-electron chi connectivity index (χ2n) is 7.77. The summed E-state index contributed by atoms with van der Waals surface area (Å²) >= 11 is 0. The lowest BCUT2D eigenvalue weighted by molar-refractivity contribution is 0.0952. The largest absolute Gasteiger partial charge is 0.508 e. The van der Waals surface area contributed by atoms with Crippen molar-refractivity contribution in [3.8, 4) is 5.75 Å². The van der Waals surface area contributed by atoms with Gasteiger partial charge in [-0.25, -0.2) is 4.98 Å². The van der Waals surface area contributed by atoms with Gasteiger partial charge >= 0.3 is 0 Å². The van der Waals surface area contributed by atoms with Crippen LogP contribution in [0.2, 0.25) is 0 Å². The molecule has 0 atom stereocenters.